The maximum Gasteiger partial charge on any atom is 0.248 e. The monoisotopic (exact) mass is 327 g/mol. The summed E-state index contributed by atoms with van der Waals surface area (Å²) in [7, 11) is 0. The van der Waals surface area contributed by atoms with Crippen LogP contribution in [0.4, 0.5) is 5.69 Å². The van der Waals surface area contributed by atoms with E-state index in [0.29, 0.717) is 30.9 Å². The molecule has 2 heterocycles. The second kappa shape index (κ2) is 6.88. The molecule has 0 spiro atoms. The van der Waals surface area contributed by atoms with Gasteiger partial charge in [0.1, 0.15) is 0 Å². The van der Waals surface area contributed by atoms with E-state index < -0.39 is 5.91 Å². The molecular weight excluding hydrogens is 306 g/mol. The fourth-order valence-corrected chi connectivity index (χ4v) is 3.15. The van der Waals surface area contributed by atoms with Gasteiger partial charge < -0.3 is 20.4 Å². The standard InChI is InChI=1S/C18H21N3O3/c19-17(23)14-3-5-15(6-4-14)20-16(22)13-18(7-11-24-12-8-18)21-9-1-2-10-21/h1-6,9-10H,7-8,11-13H2,(H2,19,23)(H,20,22). The number of aromatic nitrogens is 1. The molecule has 1 aromatic carbocycles. The summed E-state index contributed by atoms with van der Waals surface area (Å²) in [6, 6.07) is 10.5. The van der Waals surface area contributed by atoms with Crippen LogP contribution >= 0.6 is 0 Å². The van der Waals surface area contributed by atoms with Crippen molar-refractivity contribution in [2.75, 3.05) is 18.5 Å². The zero-order chi connectivity index (χ0) is 17.0. The number of benzene rings is 1. The lowest BCUT2D eigenvalue weighted by Gasteiger charge is -2.38. The van der Waals surface area contributed by atoms with Crippen LogP contribution in [0.25, 0.3) is 0 Å². The van der Waals surface area contributed by atoms with E-state index in [4.69, 9.17) is 10.5 Å². The molecule has 0 saturated carbocycles. The smallest absolute Gasteiger partial charge is 0.248 e. The van der Waals surface area contributed by atoms with Crippen molar-refractivity contribution in [3.8, 4) is 0 Å². The van der Waals surface area contributed by atoms with E-state index in [2.05, 4.69) is 9.88 Å². The molecular formula is C18H21N3O3. The van der Waals surface area contributed by atoms with Crippen molar-refractivity contribution in [3.05, 3.63) is 54.4 Å². The lowest BCUT2D eigenvalue weighted by atomic mass is 9.86. The third-order valence-corrected chi connectivity index (χ3v) is 4.52. The predicted octanol–water partition coefficient (Wildman–Crippen LogP) is 2.12. The number of hydrogen-bond donors (Lipinski definition) is 2. The Bertz CT molecular complexity index is 702. The molecule has 126 valence electrons. The Morgan fingerprint density at radius 1 is 1.12 bits per heavy atom. The molecule has 1 aromatic heterocycles. The van der Waals surface area contributed by atoms with Crippen LogP contribution < -0.4 is 11.1 Å². The summed E-state index contributed by atoms with van der Waals surface area (Å²) in [5, 5.41) is 2.90. The Morgan fingerprint density at radius 2 is 1.75 bits per heavy atom. The number of amides is 2. The van der Waals surface area contributed by atoms with Gasteiger partial charge in [0.2, 0.25) is 11.8 Å². The molecule has 2 amide bonds. The largest absolute Gasteiger partial charge is 0.381 e. The lowest BCUT2D eigenvalue weighted by molar-refractivity contribution is -0.119. The van der Waals surface area contributed by atoms with E-state index in [9.17, 15) is 9.59 Å². The van der Waals surface area contributed by atoms with Gasteiger partial charge in [0, 0.05) is 36.9 Å². The molecule has 3 N–H and O–H groups in total. The van der Waals surface area contributed by atoms with Crippen LogP contribution in [0.15, 0.2) is 48.8 Å². The molecule has 6 heteroatoms. The molecule has 6 nitrogen and oxygen atoms in total. The summed E-state index contributed by atoms with van der Waals surface area (Å²) in [5.41, 5.74) is 6.04. The third kappa shape index (κ3) is 3.49. The summed E-state index contributed by atoms with van der Waals surface area (Å²) in [6.45, 7) is 1.30. The van der Waals surface area contributed by atoms with E-state index in [1.807, 2.05) is 24.5 Å². The molecule has 0 unspecified atom stereocenters. The van der Waals surface area contributed by atoms with Crippen LogP contribution in [0, 0.1) is 0 Å². The van der Waals surface area contributed by atoms with Crippen LogP contribution in [-0.2, 0) is 15.1 Å². The maximum atomic E-state index is 12.5. The van der Waals surface area contributed by atoms with E-state index in [0.717, 1.165) is 12.8 Å². The van der Waals surface area contributed by atoms with Gasteiger partial charge in [0.25, 0.3) is 0 Å². The Kier molecular flexibility index (Phi) is 4.66. The van der Waals surface area contributed by atoms with Gasteiger partial charge in [-0.05, 0) is 49.2 Å². The number of anilines is 1. The van der Waals surface area contributed by atoms with Crippen LogP contribution in [0.3, 0.4) is 0 Å². The van der Waals surface area contributed by atoms with Crippen molar-refractivity contribution in [1.29, 1.82) is 0 Å². The summed E-state index contributed by atoms with van der Waals surface area (Å²) in [5.74, 6) is -0.543. The fourth-order valence-electron chi connectivity index (χ4n) is 3.15. The van der Waals surface area contributed by atoms with E-state index in [1.165, 1.54) is 0 Å². The first-order valence-electron chi connectivity index (χ1n) is 8.00. The van der Waals surface area contributed by atoms with Gasteiger partial charge in [-0.1, -0.05) is 0 Å². The predicted molar refractivity (Wildman–Crippen MR) is 90.7 cm³/mol. The van der Waals surface area contributed by atoms with Gasteiger partial charge in [0.05, 0.1) is 12.0 Å². The summed E-state index contributed by atoms with van der Waals surface area (Å²) in [6.07, 6.45) is 5.98. The second-order valence-corrected chi connectivity index (χ2v) is 6.09. The second-order valence-electron chi connectivity index (χ2n) is 6.09. The van der Waals surface area contributed by atoms with Crippen molar-refractivity contribution in [1.82, 2.24) is 4.57 Å². The highest BCUT2D eigenvalue weighted by atomic mass is 16.5. The normalized spacial score (nSPS) is 16.5. The topological polar surface area (TPSA) is 86.4 Å². The Hall–Kier alpha value is -2.60. The highest BCUT2D eigenvalue weighted by Gasteiger charge is 2.36. The first-order valence-corrected chi connectivity index (χ1v) is 8.00. The number of nitrogens with zero attached hydrogens (tertiary/aromatic N) is 1. The number of ether oxygens (including phenoxy) is 1. The molecule has 0 radical (unpaired) electrons. The molecule has 1 aliphatic rings. The highest BCUT2D eigenvalue weighted by Crippen LogP contribution is 2.33. The minimum absolute atomic E-state index is 0.0579. The molecule has 1 fully saturated rings. The van der Waals surface area contributed by atoms with E-state index >= 15 is 0 Å². The Balaban J connectivity index is 1.71. The van der Waals surface area contributed by atoms with Crippen molar-refractivity contribution in [2.45, 2.75) is 24.8 Å². The third-order valence-electron chi connectivity index (χ3n) is 4.52. The van der Waals surface area contributed by atoms with Crippen molar-refractivity contribution in [3.63, 3.8) is 0 Å². The minimum Gasteiger partial charge on any atom is -0.381 e. The van der Waals surface area contributed by atoms with E-state index in [-0.39, 0.29) is 11.4 Å². The zero-order valence-electron chi connectivity index (χ0n) is 13.4. The summed E-state index contributed by atoms with van der Waals surface area (Å²) < 4.78 is 7.59. The minimum atomic E-state index is -0.485. The van der Waals surface area contributed by atoms with Gasteiger partial charge in [-0.25, -0.2) is 0 Å². The number of nitrogens with two attached hydrogens (primary N) is 1. The molecule has 2 aromatic rings. The molecule has 1 aliphatic heterocycles. The summed E-state index contributed by atoms with van der Waals surface area (Å²) >= 11 is 0. The van der Waals surface area contributed by atoms with Crippen molar-refractivity contribution >= 4 is 17.5 Å². The molecule has 0 bridgehead atoms. The molecule has 0 atom stereocenters. The van der Waals surface area contributed by atoms with Gasteiger partial charge in [0.15, 0.2) is 0 Å². The van der Waals surface area contributed by atoms with Gasteiger partial charge in [-0.2, -0.15) is 0 Å². The number of carbonyl (C=O) groups is 2. The Morgan fingerprint density at radius 3 is 2.33 bits per heavy atom. The summed E-state index contributed by atoms with van der Waals surface area (Å²) in [4.78, 5) is 23.6. The molecule has 0 aliphatic carbocycles. The Labute approximate surface area is 140 Å². The SMILES string of the molecule is NC(=O)c1ccc(NC(=O)CC2(n3cccc3)CCOCC2)cc1. The molecule has 3 rings (SSSR count). The first kappa shape index (κ1) is 16.3. The molecule has 1 saturated heterocycles. The van der Waals surface area contributed by atoms with Crippen LogP contribution in [0.5, 0.6) is 0 Å². The van der Waals surface area contributed by atoms with Crippen LogP contribution in [0.1, 0.15) is 29.6 Å². The van der Waals surface area contributed by atoms with Crippen LogP contribution in [0.2, 0.25) is 0 Å². The quantitative estimate of drug-likeness (QED) is 0.882. The number of carbonyl (C=O) groups excluding carboxylic acids is 2. The highest BCUT2D eigenvalue weighted by molar-refractivity contribution is 5.95. The van der Waals surface area contributed by atoms with Crippen molar-refractivity contribution < 1.29 is 14.3 Å². The lowest BCUT2D eigenvalue weighted by Crippen LogP contribution is -2.42. The first-order chi connectivity index (χ1) is 11.6. The van der Waals surface area contributed by atoms with Crippen molar-refractivity contribution in [2.24, 2.45) is 5.73 Å². The van der Waals surface area contributed by atoms with Gasteiger partial charge in [-0.3, -0.25) is 9.59 Å². The van der Waals surface area contributed by atoms with Crippen LogP contribution in [-0.4, -0.2) is 29.6 Å². The zero-order valence-corrected chi connectivity index (χ0v) is 13.4. The maximum absolute atomic E-state index is 12.5. The van der Waals surface area contributed by atoms with E-state index in [1.54, 1.807) is 24.3 Å². The average molecular weight is 327 g/mol. The number of rotatable bonds is 5. The number of hydrogen-bond acceptors (Lipinski definition) is 3. The van der Waals surface area contributed by atoms with Gasteiger partial charge >= 0.3 is 0 Å². The van der Waals surface area contributed by atoms with Gasteiger partial charge in [-0.15, -0.1) is 0 Å². The molecule has 24 heavy (non-hydrogen) atoms. The average Bonchev–Trinajstić information content (AvgIpc) is 3.11. The number of nitrogens with one attached hydrogen (secondary N) is 1. The number of primary amides is 1. The fraction of sp³-hybridized carbons (Fsp3) is 0.333.